The summed E-state index contributed by atoms with van der Waals surface area (Å²) in [5.41, 5.74) is 0.831. The number of thioether (sulfide) groups is 1. The van der Waals surface area contributed by atoms with Gasteiger partial charge >= 0.3 is 0 Å². The first-order valence-electron chi connectivity index (χ1n) is 8.18. The van der Waals surface area contributed by atoms with Crippen molar-refractivity contribution >= 4 is 45.1 Å². The fourth-order valence-corrected chi connectivity index (χ4v) is 4.07. The van der Waals surface area contributed by atoms with Crippen LogP contribution >= 0.6 is 23.1 Å². The van der Waals surface area contributed by atoms with Crippen LogP contribution in [0.1, 0.15) is 31.6 Å². The average Bonchev–Trinajstić information content (AvgIpc) is 3.13. The molecule has 2 N–H and O–H groups in total. The molecule has 2 aromatic heterocycles. The summed E-state index contributed by atoms with van der Waals surface area (Å²) < 4.78 is 6.59. The number of benzene rings is 1. The fraction of sp³-hybridized carbons (Fsp3) is 0.353. The van der Waals surface area contributed by atoms with Crippen molar-refractivity contribution in [2.24, 2.45) is 0 Å². The van der Waals surface area contributed by atoms with Gasteiger partial charge in [0.2, 0.25) is 11.0 Å². The third-order valence-electron chi connectivity index (χ3n) is 3.89. The lowest BCUT2D eigenvalue weighted by Gasteiger charge is -2.10. The molecule has 1 aliphatic carbocycles. The van der Waals surface area contributed by atoms with Crippen molar-refractivity contribution in [1.82, 2.24) is 15.5 Å². The van der Waals surface area contributed by atoms with Crippen LogP contribution in [-0.2, 0) is 4.79 Å². The molecular weight excluding hydrogens is 356 g/mol. The molecule has 1 atom stereocenters. The summed E-state index contributed by atoms with van der Waals surface area (Å²) in [7, 11) is 0. The average molecular weight is 374 g/mol. The van der Waals surface area contributed by atoms with Crippen molar-refractivity contribution in [1.29, 1.82) is 0 Å². The molecule has 0 radical (unpaired) electrons. The zero-order valence-electron chi connectivity index (χ0n) is 13.7. The highest BCUT2D eigenvalue weighted by atomic mass is 32.2. The number of rotatable bonds is 7. The van der Waals surface area contributed by atoms with E-state index in [1.165, 1.54) is 35.9 Å². The van der Waals surface area contributed by atoms with E-state index in [2.05, 4.69) is 20.8 Å². The van der Waals surface area contributed by atoms with Crippen molar-refractivity contribution in [2.75, 3.05) is 11.1 Å². The smallest absolute Gasteiger partial charge is 0.231 e. The van der Waals surface area contributed by atoms with Crippen molar-refractivity contribution in [3.63, 3.8) is 0 Å². The Morgan fingerprint density at radius 3 is 3.04 bits per heavy atom. The number of nitrogens with one attached hydrogen (secondary N) is 2. The van der Waals surface area contributed by atoms with Gasteiger partial charge in [-0.25, -0.2) is 0 Å². The van der Waals surface area contributed by atoms with Crippen LogP contribution < -0.4 is 10.6 Å². The molecule has 0 saturated heterocycles. The second-order valence-corrected chi connectivity index (χ2v) is 8.26. The lowest BCUT2D eigenvalue weighted by Crippen LogP contribution is -2.27. The molecule has 0 aliphatic heterocycles. The number of anilines is 1. The number of carbonyl (C=O) groups excluding carboxylic acids is 1. The molecule has 4 rings (SSSR count). The summed E-state index contributed by atoms with van der Waals surface area (Å²) in [5, 5.41) is 16.3. The first-order valence-corrected chi connectivity index (χ1v) is 9.98. The monoisotopic (exact) mass is 374 g/mol. The fourth-order valence-electron chi connectivity index (χ4n) is 2.43. The summed E-state index contributed by atoms with van der Waals surface area (Å²) in [6.45, 7) is 1.92. The molecule has 1 aliphatic rings. The SMILES string of the molecule is CC(NC(=O)CSc1nnc(NC2CC2)s1)c1cc2ccccc2o1. The molecule has 3 aromatic rings. The molecule has 130 valence electrons. The van der Waals surface area contributed by atoms with Crippen molar-refractivity contribution in [3.05, 3.63) is 36.1 Å². The molecule has 6 nitrogen and oxygen atoms in total. The van der Waals surface area contributed by atoms with E-state index in [1.807, 2.05) is 37.3 Å². The van der Waals surface area contributed by atoms with E-state index >= 15 is 0 Å². The maximum Gasteiger partial charge on any atom is 0.231 e. The van der Waals surface area contributed by atoms with Crippen LogP contribution in [-0.4, -0.2) is 27.9 Å². The summed E-state index contributed by atoms with van der Waals surface area (Å²) in [6, 6.07) is 10.2. The van der Waals surface area contributed by atoms with E-state index in [1.54, 1.807) is 0 Å². The highest BCUT2D eigenvalue weighted by Gasteiger charge is 2.22. The number of amides is 1. The minimum atomic E-state index is -0.179. The third kappa shape index (κ3) is 4.13. The minimum absolute atomic E-state index is 0.0511. The predicted octanol–water partition coefficient (Wildman–Crippen LogP) is 3.83. The topological polar surface area (TPSA) is 80.0 Å². The second-order valence-electron chi connectivity index (χ2n) is 6.06. The summed E-state index contributed by atoms with van der Waals surface area (Å²) in [6.07, 6.45) is 2.40. The van der Waals surface area contributed by atoms with Gasteiger partial charge in [0.15, 0.2) is 4.34 Å². The van der Waals surface area contributed by atoms with Gasteiger partial charge in [0.05, 0.1) is 11.8 Å². The lowest BCUT2D eigenvalue weighted by atomic mass is 10.2. The Labute approximate surface area is 153 Å². The first kappa shape index (κ1) is 16.4. The van der Waals surface area contributed by atoms with E-state index in [4.69, 9.17) is 4.42 Å². The molecule has 1 saturated carbocycles. The van der Waals surface area contributed by atoms with E-state index < -0.39 is 0 Å². The highest BCUT2D eigenvalue weighted by molar-refractivity contribution is 8.01. The molecule has 1 unspecified atom stereocenters. The molecule has 2 heterocycles. The first-order chi connectivity index (χ1) is 12.2. The number of nitrogens with zero attached hydrogens (tertiary/aromatic N) is 2. The number of para-hydroxylation sites is 1. The van der Waals surface area contributed by atoms with Gasteiger partial charge in [0, 0.05) is 11.4 Å². The highest BCUT2D eigenvalue weighted by Crippen LogP contribution is 2.30. The van der Waals surface area contributed by atoms with Crippen LogP contribution in [0, 0.1) is 0 Å². The van der Waals surface area contributed by atoms with Gasteiger partial charge in [-0.3, -0.25) is 4.79 Å². The van der Waals surface area contributed by atoms with Gasteiger partial charge in [-0.1, -0.05) is 41.3 Å². The van der Waals surface area contributed by atoms with Gasteiger partial charge in [0.1, 0.15) is 11.3 Å². The normalized spacial score (nSPS) is 15.2. The molecule has 25 heavy (non-hydrogen) atoms. The minimum Gasteiger partial charge on any atom is -0.459 e. The number of fused-ring (bicyclic) bond motifs is 1. The molecule has 8 heteroatoms. The summed E-state index contributed by atoms with van der Waals surface area (Å²) >= 11 is 2.89. The molecule has 1 aromatic carbocycles. The molecule has 0 bridgehead atoms. The Bertz CT molecular complexity index is 855. The number of hydrogen-bond donors (Lipinski definition) is 2. The van der Waals surface area contributed by atoms with Crippen LogP contribution in [0.3, 0.4) is 0 Å². The third-order valence-corrected chi connectivity index (χ3v) is 5.87. The number of furan rings is 1. The van der Waals surface area contributed by atoms with Crippen molar-refractivity contribution < 1.29 is 9.21 Å². The van der Waals surface area contributed by atoms with E-state index in [0.29, 0.717) is 11.8 Å². The van der Waals surface area contributed by atoms with Crippen molar-refractivity contribution in [3.8, 4) is 0 Å². The zero-order chi connectivity index (χ0) is 17.2. The van der Waals surface area contributed by atoms with E-state index in [0.717, 1.165) is 26.2 Å². The molecular formula is C17H18N4O2S2. The van der Waals surface area contributed by atoms with Crippen LogP contribution in [0.2, 0.25) is 0 Å². The molecule has 1 fully saturated rings. The molecule has 1 amide bonds. The quantitative estimate of drug-likeness (QED) is 0.612. The summed E-state index contributed by atoms with van der Waals surface area (Å²) in [4.78, 5) is 12.2. The number of carbonyl (C=O) groups is 1. The summed E-state index contributed by atoms with van der Waals surface area (Å²) in [5.74, 6) is 1.01. The zero-order valence-corrected chi connectivity index (χ0v) is 15.3. The van der Waals surface area contributed by atoms with Crippen LogP contribution in [0.25, 0.3) is 11.0 Å². The molecule has 0 spiro atoms. The van der Waals surface area contributed by atoms with Crippen LogP contribution in [0.15, 0.2) is 39.1 Å². The van der Waals surface area contributed by atoms with Crippen LogP contribution in [0.5, 0.6) is 0 Å². The Kier molecular flexibility index (Phi) is 4.63. The lowest BCUT2D eigenvalue weighted by molar-refractivity contribution is -0.119. The Hall–Kier alpha value is -2.06. The maximum atomic E-state index is 12.2. The Morgan fingerprint density at radius 2 is 2.24 bits per heavy atom. The second kappa shape index (κ2) is 7.05. The van der Waals surface area contributed by atoms with E-state index in [-0.39, 0.29) is 11.9 Å². The number of aromatic nitrogens is 2. The standard InChI is InChI=1S/C17H18N4O2S2/c1-10(14-8-11-4-2-3-5-13(11)23-14)18-15(22)9-24-17-21-20-16(25-17)19-12-6-7-12/h2-5,8,10,12H,6-7,9H2,1H3,(H,18,22)(H,19,20). The van der Waals surface area contributed by atoms with E-state index in [9.17, 15) is 4.79 Å². The van der Waals surface area contributed by atoms with Gasteiger partial charge in [0.25, 0.3) is 0 Å². The predicted molar refractivity (Wildman–Crippen MR) is 100 cm³/mol. The maximum absolute atomic E-state index is 12.2. The van der Waals surface area contributed by atoms with Gasteiger partial charge < -0.3 is 15.1 Å². The van der Waals surface area contributed by atoms with Crippen molar-refractivity contribution in [2.45, 2.75) is 36.2 Å². The van der Waals surface area contributed by atoms with Gasteiger partial charge in [-0.2, -0.15) is 0 Å². The Balaban J connectivity index is 1.29. The largest absolute Gasteiger partial charge is 0.459 e. The van der Waals surface area contributed by atoms with Gasteiger partial charge in [-0.15, -0.1) is 10.2 Å². The Morgan fingerprint density at radius 1 is 1.40 bits per heavy atom. The van der Waals surface area contributed by atoms with Gasteiger partial charge in [-0.05, 0) is 31.9 Å². The van der Waals surface area contributed by atoms with Crippen LogP contribution in [0.4, 0.5) is 5.13 Å². The number of hydrogen-bond acceptors (Lipinski definition) is 7.